The maximum absolute atomic E-state index is 5.21. The first-order valence-electron chi connectivity index (χ1n) is 31.2. The summed E-state index contributed by atoms with van der Waals surface area (Å²) < 4.78 is 0. The van der Waals surface area contributed by atoms with Crippen molar-refractivity contribution in [1.82, 2.24) is 19.9 Å². The van der Waals surface area contributed by atoms with Gasteiger partial charge in [0.1, 0.15) is 0 Å². The lowest BCUT2D eigenvalue weighted by Crippen LogP contribution is -2.04. The lowest BCUT2D eigenvalue weighted by molar-refractivity contribution is 1.38. The Morgan fingerprint density at radius 1 is 0.136 bits per heavy atom. The van der Waals surface area contributed by atoms with Crippen molar-refractivity contribution in [2.24, 2.45) is 0 Å². The summed E-state index contributed by atoms with van der Waals surface area (Å²) in [6.07, 6.45) is 17.3. The van der Waals surface area contributed by atoms with E-state index < -0.39 is 0 Å². The average Bonchev–Trinajstić information content (AvgIpc) is 0.637. The molecule has 0 aliphatic carbocycles. The van der Waals surface area contributed by atoms with E-state index in [0.717, 1.165) is 0 Å². The van der Waals surface area contributed by atoms with Crippen molar-refractivity contribution in [2.75, 3.05) is 0 Å². The molecule has 0 bridgehead atoms. The molecule has 0 saturated carbocycles. The van der Waals surface area contributed by atoms with Crippen molar-refractivity contribution in [2.45, 2.75) is 27.7 Å². The zero-order valence-corrected chi connectivity index (χ0v) is 47.5. The molecule has 28 rings (SSSR count). The Bertz CT molecular complexity index is 7750. The number of aromatic nitrogens is 4. The summed E-state index contributed by atoms with van der Waals surface area (Å²) in [5, 5.41) is 73.0. The van der Waals surface area contributed by atoms with Crippen molar-refractivity contribution in [3.8, 4) is 0 Å². The molecule has 4 heterocycles. The standard InChI is InChI=1S/C84H34N4/c1-27-5-9-31-41-17-39-33-13-16-38-46-22-88-26-50-48-24-86-20-44-36-12-8-30(4)54-52-28(2)6-10-32-42-18-40-34-14-15-37-45-21-87-25-49-47-23-85-19-43-35-11-7-29(3)53-51(27)59(31)79-77(61(35)53)71(55(43)47)73(57(45)49)81-65(37)63(34)75(69(41)83(79)81)67(39)68(40)76-64(33)66(38)82-74(58(46)50)72(56(44)48)78(62(36)54)80(60(32)52)84(82)70(42)76/h5-26H,1-4H3. The normalized spacial score (nSPS) is 14.4. The predicted octanol–water partition coefficient (Wildman–Crippen LogP) is 23.2. The van der Waals surface area contributed by atoms with Crippen LogP contribution in [0.15, 0.2) is 135 Å². The maximum Gasteiger partial charge on any atom is 0.0353 e. The van der Waals surface area contributed by atoms with E-state index in [2.05, 4.69) is 162 Å². The molecule has 88 heavy (non-hydrogen) atoms. The summed E-state index contributed by atoms with van der Waals surface area (Å²) in [4.78, 5) is 20.6. The zero-order chi connectivity index (χ0) is 55.9. The van der Waals surface area contributed by atoms with Crippen molar-refractivity contribution >= 4 is 291 Å². The van der Waals surface area contributed by atoms with E-state index >= 15 is 0 Å². The van der Waals surface area contributed by atoms with Crippen LogP contribution in [0.1, 0.15) is 22.3 Å². The van der Waals surface area contributed by atoms with Crippen molar-refractivity contribution in [3.63, 3.8) is 0 Å². The van der Waals surface area contributed by atoms with Crippen LogP contribution < -0.4 is 0 Å². The molecule has 390 valence electrons. The van der Waals surface area contributed by atoms with Crippen LogP contribution in [-0.2, 0) is 0 Å². The summed E-state index contributed by atoms with van der Waals surface area (Å²) in [5.74, 6) is 0. The molecule has 0 N–H and O–H groups in total. The third-order valence-electron chi connectivity index (χ3n) is 24.7. The van der Waals surface area contributed by atoms with E-state index in [-0.39, 0.29) is 0 Å². The minimum atomic E-state index is 1.19. The topological polar surface area (TPSA) is 51.6 Å². The van der Waals surface area contributed by atoms with Gasteiger partial charge < -0.3 is 0 Å². The molecule has 24 aromatic carbocycles. The second-order valence-corrected chi connectivity index (χ2v) is 27.7. The highest BCUT2D eigenvalue weighted by molar-refractivity contribution is 6.68. The van der Waals surface area contributed by atoms with Crippen LogP contribution in [0.5, 0.6) is 0 Å². The first kappa shape index (κ1) is 41.0. The second kappa shape index (κ2) is 11.9. The minimum absolute atomic E-state index is 1.19. The van der Waals surface area contributed by atoms with Gasteiger partial charge in [0.05, 0.1) is 0 Å². The molecule has 0 radical (unpaired) electrons. The first-order chi connectivity index (χ1) is 43.4. The summed E-state index contributed by atoms with van der Waals surface area (Å²) in [7, 11) is 0. The van der Waals surface area contributed by atoms with Gasteiger partial charge in [-0.05, 0) is 267 Å². The largest absolute Gasteiger partial charge is 0.263 e. The lowest BCUT2D eigenvalue weighted by atomic mass is 9.69. The third-order valence-corrected chi connectivity index (χ3v) is 24.7. The molecular formula is C84H34N4. The van der Waals surface area contributed by atoms with Gasteiger partial charge in [-0.25, -0.2) is 0 Å². The number of aryl methyl sites for hydroxylation is 4. The molecule has 0 fully saturated rings. The second-order valence-electron chi connectivity index (χ2n) is 27.7. The van der Waals surface area contributed by atoms with Gasteiger partial charge in [0.2, 0.25) is 0 Å². The maximum atomic E-state index is 5.21. The highest BCUT2D eigenvalue weighted by Gasteiger charge is 2.38. The van der Waals surface area contributed by atoms with Gasteiger partial charge in [0.15, 0.2) is 0 Å². The molecule has 4 aromatic heterocycles. The van der Waals surface area contributed by atoms with Gasteiger partial charge in [0, 0.05) is 136 Å². The summed E-state index contributed by atoms with van der Waals surface area (Å²) >= 11 is 0. The van der Waals surface area contributed by atoms with Gasteiger partial charge in [-0.1, -0.05) is 72.8 Å². The fourth-order valence-corrected chi connectivity index (χ4v) is 22.0. The smallest absolute Gasteiger partial charge is 0.0353 e. The van der Waals surface area contributed by atoms with E-state index in [9.17, 15) is 0 Å². The van der Waals surface area contributed by atoms with Crippen LogP contribution >= 0.6 is 0 Å². The van der Waals surface area contributed by atoms with E-state index in [1.165, 1.54) is 313 Å². The molecule has 0 spiro atoms. The Balaban J connectivity index is 1.02. The van der Waals surface area contributed by atoms with Crippen molar-refractivity contribution < 1.29 is 0 Å². The fourth-order valence-electron chi connectivity index (χ4n) is 22.0. The molecule has 28 aromatic rings. The quantitative estimate of drug-likeness (QED) is 0.112. The monoisotopic (exact) mass is 1100 g/mol. The van der Waals surface area contributed by atoms with Crippen LogP contribution in [0.2, 0.25) is 0 Å². The van der Waals surface area contributed by atoms with Gasteiger partial charge >= 0.3 is 0 Å². The number of hydrogen-bond donors (Lipinski definition) is 0. The van der Waals surface area contributed by atoms with Gasteiger partial charge in [-0.3, -0.25) is 19.9 Å². The van der Waals surface area contributed by atoms with Crippen LogP contribution in [0.4, 0.5) is 0 Å². The summed E-state index contributed by atoms with van der Waals surface area (Å²) in [5.41, 5.74) is 5.29. The van der Waals surface area contributed by atoms with Crippen LogP contribution in [0, 0.1) is 27.7 Å². The zero-order valence-electron chi connectivity index (χ0n) is 47.5. The third kappa shape index (κ3) is 3.47. The first-order valence-corrected chi connectivity index (χ1v) is 31.2. The lowest BCUT2D eigenvalue weighted by Gasteiger charge is -2.32. The Morgan fingerprint density at radius 3 is 0.523 bits per heavy atom. The fraction of sp³-hybridized carbons (Fsp3) is 0.0476. The molecule has 4 nitrogen and oxygen atoms in total. The van der Waals surface area contributed by atoms with Crippen LogP contribution in [-0.4, -0.2) is 19.9 Å². The summed E-state index contributed by atoms with van der Waals surface area (Å²) in [6, 6.07) is 35.0. The number of fused-ring (bicyclic) bond motifs is 12. The van der Waals surface area contributed by atoms with E-state index in [1.54, 1.807) is 0 Å². The Labute approximate surface area is 492 Å². The Morgan fingerprint density at radius 2 is 0.284 bits per heavy atom. The molecular weight excluding hydrogens is 1060 g/mol. The highest BCUT2D eigenvalue weighted by Crippen LogP contribution is 2.67. The molecule has 0 saturated heterocycles. The van der Waals surface area contributed by atoms with E-state index in [1.807, 2.05) is 0 Å². The molecule has 0 aliphatic heterocycles. The number of hydrogen-bond acceptors (Lipinski definition) is 4. The predicted molar refractivity (Wildman–Crippen MR) is 377 cm³/mol. The molecule has 0 amide bonds. The number of rotatable bonds is 0. The van der Waals surface area contributed by atoms with E-state index in [4.69, 9.17) is 19.9 Å². The number of nitrogens with zero attached hydrogens (tertiary/aromatic N) is 4. The minimum Gasteiger partial charge on any atom is -0.263 e. The van der Waals surface area contributed by atoms with E-state index in [0.29, 0.717) is 0 Å². The Hall–Kier alpha value is -11.2. The Kier molecular flexibility index (Phi) is 5.54. The SMILES string of the molecule is Cc1ccc2c3cncc4c5cncc6c7ccc8c9cc%10c%11ccc(C)c%12c%13c(C)ccc%14c%15cncc%16c%17cncc%18c%19ccc%20c%21cc%22c%23ccc(C)c%24c1c2c1c(c43)c(c56)c2c7c8c(c%21c9c3c%20c%19c4c(c%17%18)c(c%16%15)c(c%14%13)c(c%11%12)c4c%103)c%22c2c1c%23%24. The average molecular weight is 1100 g/mol. The molecule has 4 heteroatoms. The van der Waals surface area contributed by atoms with Crippen molar-refractivity contribution in [1.29, 1.82) is 0 Å². The van der Waals surface area contributed by atoms with Gasteiger partial charge in [0.25, 0.3) is 0 Å². The highest BCUT2D eigenvalue weighted by atomic mass is 14.7. The molecule has 0 atom stereocenters. The van der Waals surface area contributed by atoms with Gasteiger partial charge in [-0.2, -0.15) is 0 Å². The van der Waals surface area contributed by atoms with Crippen LogP contribution in [0.3, 0.4) is 0 Å². The number of pyridine rings is 4. The van der Waals surface area contributed by atoms with Crippen molar-refractivity contribution in [3.05, 3.63) is 157 Å². The molecule has 0 aliphatic rings. The number of benzene rings is 24. The van der Waals surface area contributed by atoms with Crippen LogP contribution in [0.25, 0.3) is 291 Å². The summed E-state index contributed by atoms with van der Waals surface area (Å²) in [6.45, 7) is 9.43. The molecule has 0 unspecified atom stereocenters. The van der Waals surface area contributed by atoms with Gasteiger partial charge in [-0.15, -0.1) is 0 Å².